The first kappa shape index (κ1) is 23.3. The molecular weight excluding hydrogens is 426 g/mol. The minimum atomic E-state index is -0.291. The van der Waals surface area contributed by atoms with Crippen LogP contribution in [0.3, 0.4) is 0 Å². The molecule has 2 heterocycles. The minimum absolute atomic E-state index is 0.168. The molecule has 7 nitrogen and oxygen atoms in total. The summed E-state index contributed by atoms with van der Waals surface area (Å²) in [5, 5.41) is 13.8. The molecular formula is C27H31N5O2. The van der Waals surface area contributed by atoms with Crippen molar-refractivity contribution in [1.29, 1.82) is 0 Å². The number of carbonyl (C=O) groups is 2. The Kier molecular flexibility index (Phi) is 6.54. The van der Waals surface area contributed by atoms with Crippen LogP contribution in [0, 0.1) is 19.8 Å². The summed E-state index contributed by atoms with van der Waals surface area (Å²) in [6.07, 6.45) is 2.27. The number of aromatic nitrogens is 2. The van der Waals surface area contributed by atoms with Gasteiger partial charge in [-0.1, -0.05) is 49.7 Å². The van der Waals surface area contributed by atoms with Crippen molar-refractivity contribution in [3.63, 3.8) is 0 Å². The molecule has 3 aromatic rings. The Morgan fingerprint density at radius 2 is 1.76 bits per heavy atom. The number of fused-ring (bicyclic) bond motifs is 1. The summed E-state index contributed by atoms with van der Waals surface area (Å²) in [6, 6.07) is 15.0. The Hall–Kier alpha value is -3.87. The Bertz CT molecular complexity index is 1260. The molecule has 0 saturated carbocycles. The van der Waals surface area contributed by atoms with Gasteiger partial charge in [0, 0.05) is 17.1 Å². The van der Waals surface area contributed by atoms with E-state index in [1.807, 2.05) is 69.3 Å². The van der Waals surface area contributed by atoms with Gasteiger partial charge in [0.1, 0.15) is 11.4 Å². The van der Waals surface area contributed by atoms with Crippen molar-refractivity contribution < 1.29 is 9.59 Å². The maximum atomic E-state index is 13.5. The van der Waals surface area contributed by atoms with E-state index in [9.17, 15) is 9.59 Å². The fourth-order valence-electron chi connectivity index (χ4n) is 4.36. The molecule has 0 radical (unpaired) electrons. The zero-order valence-corrected chi connectivity index (χ0v) is 20.3. The fourth-order valence-corrected chi connectivity index (χ4v) is 4.36. The van der Waals surface area contributed by atoms with Gasteiger partial charge < -0.3 is 16.0 Å². The van der Waals surface area contributed by atoms with Crippen LogP contribution in [0.5, 0.6) is 0 Å². The number of amides is 2. The first-order valence-corrected chi connectivity index (χ1v) is 11.5. The monoisotopic (exact) mass is 457 g/mol. The Morgan fingerprint density at radius 3 is 2.44 bits per heavy atom. The number of hydrogen-bond acceptors (Lipinski definition) is 4. The lowest BCUT2D eigenvalue weighted by Crippen LogP contribution is -2.32. The van der Waals surface area contributed by atoms with Crippen LogP contribution in [-0.2, 0) is 4.79 Å². The lowest BCUT2D eigenvalue weighted by molar-refractivity contribution is -0.113. The van der Waals surface area contributed by atoms with Crippen molar-refractivity contribution in [3.05, 3.63) is 82.7 Å². The highest BCUT2D eigenvalue weighted by Crippen LogP contribution is 2.37. The van der Waals surface area contributed by atoms with E-state index in [0.717, 1.165) is 22.5 Å². The molecule has 0 spiro atoms. The molecule has 1 aliphatic rings. The molecule has 2 amide bonds. The summed E-state index contributed by atoms with van der Waals surface area (Å²) in [5.41, 5.74) is 5.43. The SMILES string of the molecule is CC1=C(C(=O)Nc2ccc(C)cc2C)C(CC(C)C)n2ncc(C(=O)Nc3ccccc3)c2N1. The first-order valence-electron chi connectivity index (χ1n) is 11.5. The zero-order chi connectivity index (χ0) is 24.4. The maximum absolute atomic E-state index is 13.5. The average molecular weight is 458 g/mol. The number of aryl methyl sites for hydroxylation is 2. The lowest BCUT2D eigenvalue weighted by Gasteiger charge is -2.31. The molecule has 176 valence electrons. The Morgan fingerprint density at radius 1 is 1.03 bits per heavy atom. The number of nitrogens with zero attached hydrogens (tertiary/aromatic N) is 2. The van der Waals surface area contributed by atoms with Crippen LogP contribution in [0.1, 0.15) is 54.7 Å². The van der Waals surface area contributed by atoms with Gasteiger partial charge in [-0.15, -0.1) is 0 Å². The number of anilines is 3. The van der Waals surface area contributed by atoms with Crippen molar-refractivity contribution in [3.8, 4) is 0 Å². The van der Waals surface area contributed by atoms with Gasteiger partial charge in [-0.3, -0.25) is 9.59 Å². The molecule has 7 heteroatoms. The van der Waals surface area contributed by atoms with Gasteiger partial charge in [0.05, 0.1) is 17.8 Å². The van der Waals surface area contributed by atoms with Crippen LogP contribution in [0.2, 0.25) is 0 Å². The van der Waals surface area contributed by atoms with Crippen LogP contribution >= 0.6 is 0 Å². The standard InChI is InChI=1S/C27H31N5O2/c1-16(2)13-23-24(27(34)31-22-12-11-17(3)14-18(22)4)19(5)29-25-21(15-28-32(23)25)26(33)30-20-9-7-6-8-10-20/h6-12,14-16,23,29H,13H2,1-5H3,(H,30,33)(H,31,34). The van der Waals surface area contributed by atoms with Crippen molar-refractivity contribution in [2.45, 2.75) is 47.1 Å². The molecule has 1 aromatic heterocycles. The van der Waals surface area contributed by atoms with Crippen LogP contribution in [0.4, 0.5) is 17.2 Å². The van der Waals surface area contributed by atoms with E-state index in [-0.39, 0.29) is 17.9 Å². The molecule has 2 aromatic carbocycles. The number of carbonyl (C=O) groups excluding carboxylic acids is 2. The topological polar surface area (TPSA) is 88.0 Å². The summed E-state index contributed by atoms with van der Waals surface area (Å²) >= 11 is 0. The largest absolute Gasteiger partial charge is 0.343 e. The number of rotatable bonds is 6. The molecule has 0 bridgehead atoms. The molecule has 0 fully saturated rings. The maximum Gasteiger partial charge on any atom is 0.261 e. The molecule has 0 aliphatic carbocycles. The van der Waals surface area contributed by atoms with E-state index in [1.165, 1.54) is 0 Å². The quantitative estimate of drug-likeness (QED) is 0.444. The third-order valence-corrected chi connectivity index (χ3v) is 5.98. The van der Waals surface area contributed by atoms with Crippen molar-refractivity contribution >= 4 is 29.0 Å². The predicted molar refractivity (Wildman–Crippen MR) is 136 cm³/mol. The summed E-state index contributed by atoms with van der Waals surface area (Å²) < 4.78 is 1.77. The van der Waals surface area contributed by atoms with Crippen LogP contribution in [0.15, 0.2) is 66.0 Å². The van der Waals surface area contributed by atoms with Gasteiger partial charge in [-0.05, 0) is 56.9 Å². The molecule has 1 unspecified atom stereocenters. The zero-order valence-electron chi connectivity index (χ0n) is 20.3. The second-order valence-electron chi connectivity index (χ2n) is 9.25. The molecule has 34 heavy (non-hydrogen) atoms. The molecule has 3 N–H and O–H groups in total. The van der Waals surface area contributed by atoms with Crippen LogP contribution < -0.4 is 16.0 Å². The van der Waals surface area contributed by atoms with Gasteiger partial charge >= 0.3 is 0 Å². The first-order chi connectivity index (χ1) is 16.2. The summed E-state index contributed by atoms with van der Waals surface area (Å²) in [6.45, 7) is 10.1. The van der Waals surface area contributed by atoms with Gasteiger partial charge in [-0.25, -0.2) is 4.68 Å². The molecule has 0 saturated heterocycles. The third-order valence-electron chi connectivity index (χ3n) is 5.98. The fraction of sp³-hybridized carbons (Fsp3) is 0.296. The van der Waals surface area contributed by atoms with E-state index < -0.39 is 0 Å². The highest BCUT2D eigenvalue weighted by molar-refractivity contribution is 6.09. The molecule has 1 aliphatic heterocycles. The van der Waals surface area contributed by atoms with Gasteiger partial charge in [0.25, 0.3) is 11.8 Å². The second kappa shape index (κ2) is 9.55. The van der Waals surface area contributed by atoms with Gasteiger partial charge in [0.2, 0.25) is 0 Å². The summed E-state index contributed by atoms with van der Waals surface area (Å²) in [7, 11) is 0. The Labute approximate surface area is 200 Å². The average Bonchev–Trinajstić information content (AvgIpc) is 3.20. The molecule has 4 rings (SSSR count). The van der Waals surface area contributed by atoms with E-state index in [0.29, 0.717) is 35.0 Å². The van der Waals surface area contributed by atoms with Gasteiger partial charge in [-0.2, -0.15) is 5.10 Å². The van der Waals surface area contributed by atoms with E-state index in [1.54, 1.807) is 10.9 Å². The normalized spacial score (nSPS) is 15.1. The van der Waals surface area contributed by atoms with Crippen LogP contribution in [-0.4, -0.2) is 21.6 Å². The number of allylic oxidation sites excluding steroid dienone is 1. The lowest BCUT2D eigenvalue weighted by atomic mass is 9.93. The van der Waals surface area contributed by atoms with Crippen molar-refractivity contribution in [1.82, 2.24) is 9.78 Å². The van der Waals surface area contributed by atoms with Gasteiger partial charge in [0.15, 0.2) is 0 Å². The van der Waals surface area contributed by atoms with Crippen molar-refractivity contribution in [2.24, 2.45) is 5.92 Å². The highest BCUT2D eigenvalue weighted by atomic mass is 16.2. The highest BCUT2D eigenvalue weighted by Gasteiger charge is 2.34. The number of benzene rings is 2. The van der Waals surface area contributed by atoms with E-state index in [4.69, 9.17) is 0 Å². The smallest absolute Gasteiger partial charge is 0.261 e. The van der Waals surface area contributed by atoms with Crippen molar-refractivity contribution in [2.75, 3.05) is 16.0 Å². The third kappa shape index (κ3) is 4.73. The minimum Gasteiger partial charge on any atom is -0.343 e. The molecule has 1 atom stereocenters. The summed E-state index contributed by atoms with van der Waals surface area (Å²) in [4.78, 5) is 26.5. The number of hydrogen-bond donors (Lipinski definition) is 3. The predicted octanol–water partition coefficient (Wildman–Crippen LogP) is 5.68. The number of nitrogens with one attached hydrogen (secondary N) is 3. The number of para-hydroxylation sites is 1. The Balaban J connectivity index is 1.65. The second-order valence-corrected chi connectivity index (χ2v) is 9.25. The van der Waals surface area contributed by atoms with E-state index in [2.05, 4.69) is 34.9 Å². The van der Waals surface area contributed by atoms with Crippen LogP contribution in [0.25, 0.3) is 0 Å². The summed E-state index contributed by atoms with van der Waals surface area (Å²) in [5.74, 6) is 0.497. The van der Waals surface area contributed by atoms with E-state index >= 15 is 0 Å².